The molecular weight excluding hydrogens is 274 g/mol. The average molecular weight is 293 g/mol. The molecule has 0 radical (unpaired) electrons. The molecule has 22 heavy (non-hydrogen) atoms. The molecule has 0 spiro atoms. The molecule has 1 aromatic heterocycles. The van der Waals surface area contributed by atoms with E-state index in [1.54, 1.807) is 0 Å². The Morgan fingerprint density at radius 3 is 2.77 bits per heavy atom. The number of fused-ring (bicyclic) bond motifs is 1. The van der Waals surface area contributed by atoms with Crippen LogP contribution in [0.1, 0.15) is 42.3 Å². The molecule has 0 bridgehead atoms. The van der Waals surface area contributed by atoms with E-state index in [0.717, 1.165) is 41.9 Å². The predicted octanol–water partition coefficient (Wildman–Crippen LogP) is 3.53. The van der Waals surface area contributed by atoms with E-state index >= 15 is 0 Å². The van der Waals surface area contributed by atoms with Gasteiger partial charge in [0.1, 0.15) is 11.4 Å². The number of hydrogen-bond donors (Lipinski definition) is 2. The number of rotatable bonds is 3. The Kier molecular flexibility index (Phi) is 2.93. The lowest BCUT2D eigenvalue weighted by atomic mass is 9.74. The molecule has 4 nitrogen and oxygen atoms in total. The number of H-pyrrole nitrogens is 1. The average Bonchev–Trinajstić information content (AvgIpc) is 3.30. The standard InChI is InChI=1S/C18H19N3O/c1-18(13-5-3-2-4-6-13)10-9-14-15(11-18)19-20-17(14)16(21-22)12-7-8-12/h2-6,9-10,12,22H,7-8,11H2,1H3,(H,19,20). The van der Waals surface area contributed by atoms with Gasteiger partial charge < -0.3 is 5.21 Å². The Hall–Kier alpha value is -2.36. The Labute approximate surface area is 129 Å². The zero-order valence-electron chi connectivity index (χ0n) is 12.6. The molecule has 0 amide bonds. The minimum atomic E-state index is -0.0336. The zero-order chi connectivity index (χ0) is 15.2. The quantitative estimate of drug-likeness (QED) is 0.516. The molecule has 1 heterocycles. The van der Waals surface area contributed by atoms with E-state index in [0.29, 0.717) is 5.92 Å². The van der Waals surface area contributed by atoms with Crippen molar-refractivity contribution in [2.45, 2.75) is 31.6 Å². The lowest BCUT2D eigenvalue weighted by Crippen LogP contribution is -2.25. The number of benzene rings is 1. The summed E-state index contributed by atoms with van der Waals surface area (Å²) in [6, 6.07) is 10.5. The van der Waals surface area contributed by atoms with Crippen LogP contribution in [-0.4, -0.2) is 21.1 Å². The maximum atomic E-state index is 9.30. The molecule has 1 aromatic carbocycles. The second-order valence-corrected chi connectivity index (χ2v) is 6.52. The van der Waals surface area contributed by atoms with Gasteiger partial charge in [0.25, 0.3) is 0 Å². The molecule has 2 aliphatic carbocycles. The summed E-state index contributed by atoms with van der Waals surface area (Å²) in [6.45, 7) is 2.24. The number of aromatic amines is 1. The van der Waals surface area contributed by atoms with Gasteiger partial charge in [-0.25, -0.2) is 0 Å². The first kappa shape index (κ1) is 13.3. The van der Waals surface area contributed by atoms with Crippen LogP contribution in [0.25, 0.3) is 6.08 Å². The van der Waals surface area contributed by atoms with Crippen molar-refractivity contribution >= 4 is 11.8 Å². The highest BCUT2D eigenvalue weighted by Gasteiger charge is 2.35. The van der Waals surface area contributed by atoms with Crippen LogP contribution in [0, 0.1) is 5.92 Å². The minimum Gasteiger partial charge on any atom is -0.411 e. The van der Waals surface area contributed by atoms with Crippen LogP contribution in [-0.2, 0) is 11.8 Å². The number of nitrogens with zero attached hydrogens (tertiary/aromatic N) is 2. The summed E-state index contributed by atoms with van der Waals surface area (Å²) in [6.07, 6.45) is 7.42. The Morgan fingerprint density at radius 1 is 1.32 bits per heavy atom. The van der Waals surface area contributed by atoms with E-state index in [-0.39, 0.29) is 5.41 Å². The summed E-state index contributed by atoms with van der Waals surface area (Å²) >= 11 is 0. The van der Waals surface area contributed by atoms with Crippen LogP contribution in [0.3, 0.4) is 0 Å². The fourth-order valence-corrected chi connectivity index (χ4v) is 3.29. The topological polar surface area (TPSA) is 61.3 Å². The number of nitrogens with one attached hydrogen (secondary N) is 1. The maximum absolute atomic E-state index is 9.30. The predicted molar refractivity (Wildman–Crippen MR) is 86.2 cm³/mol. The molecule has 2 N–H and O–H groups in total. The summed E-state index contributed by atoms with van der Waals surface area (Å²) in [4.78, 5) is 0. The third-order valence-electron chi connectivity index (χ3n) is 4.79. The summed E-state index contributed by atoms with van der Waals surface area (Å²) in [5.41, 5.74) is 5.00. The second kappa shape index (κ2) is 4.83. The van der Waals surface area contributed by atoms with Crippen molar-refractivity contribution in [2.75, 3.05) is 0 Å². The van der Waals surface area contributed by atoms with Crippen LogP contribution in [0.5, 0.6) is 0 Å². The van der Waals surface area contributed by atoms with E-state index in [2.05, 4.69) is 58.7 Å². The first-order chi connectivity index (χ1) is 10.7. The van der Waals surface area contributed by atoms with Crippen molar-refractivity contribution in [3.63, 3.8) is 0 Å². The van der Waals surface area contributed by atoms with Crippen molar-refractivity contribution in [1.29, 1.82) is 0 Å². The van der Waals surface area contributed by atoms with E-state index in [4.69, 9.17) is 0 Å². The highest BCUT2D eigenvalue weighted by Crippen LogP contribution is 2.38. The Balaban J connectivity index is 1.71. The van der Waals surface area contributed by atoms with E-state index in [1.165, 1.54) is 5.56 Å². The summed E-state index contributed by atoms with van der Waals surface area (Å²) < 4.78 is 0. The summed E-state index contributed by atoms with van der Waals surface area (Å²) in [5.74, 6) is 0.369. The molecule has 1 saturated carbocycles. The van der Waals surface area contributed by atoms with Crippen molar-refractivity contribution in [2.24, 2.45) is 11.1 Å². The third-order valence-corrected chi connectivity index (χ3v) is 4.79. The molecule has 1 fully saturated rings. The largest absolute Gasteiger partial charge is 0.411 e. The van der Waals surface area contributed by atoms with Crippen molar-refractivity contribution in [3.8, 4) is 0 Å². The molecular formula is C18H19N3O. The second-order valence-electron chi connectivity index (χ2n) is 6.52. The highest BCUT2D eigenvalue weighted by molar-refractivity contribution is 6.04. The molecule has 0 saturated heterocycles. The first-order valence-electron chi connectivity index (χ1n) is 7.75. The highest BCUT2D eigenvalue weighted by atomic mass is 16.4. The number of oxime groups is 1. The molecule has 1 unspecified atom stereocenters. The third kappa shape index (κ3) is 2.06. The molecule has 1 atom stereocenters. The van der Waals surface area contributed by atoms with Crippen LogP contribution in [0.15, 0.2) is 41.6 Å². The van der Waals surface area contributed by atoms with Gasteiger partial charge in [0.15, 0.2) is 0 Å². The Bertz CT molecular complexity index is 756. The van der Waals surface area contributed by atoms with Gasteiger partial charge in [-0.1, -0.05) is 54.6 Å². The fraction of sp³-hybridized carbons (Fsp3) is 0.333. The summed E-state index contributed by atoms with van der Waals surface area (Å²) in [5, 5.41) is 20.4. The van der Waals surface area contributed by atoms with Gasteiger partial charge in [-0.05, 0) is 18.4 Å². The van der Waals surface area contributed by atoms with Gasteiger partial charge in [-0.2, -0.15) is 5.10 Å². The van der Waals surface area contributed by atoms with Crippen molar-refractivity contribution in [1.82, 2.24) is 10.2 Å². The van der Waals surface area contributed by atoms with Gasteiger partial charge in [-0.15, -0.1) is 0 Å². The normalized spacial score (nSPS) is 24.3. The van der Waals surface area contributed by atoms with Crippen LogP contribution >= 0.6 is 0 Å². The van der Waals surface area contributed by atoms with Crippen molar-refractivity contribution in [3.05, 3.63) is 58.9 Å². The SMILES string of the molecule is CC1(c2ccccc2)C=Cc2c(C(=NO)C3CC3)n[nH]c2C1. The fourth-order valence-electron chi connectivity index (χ4n) is 3.29. The van der Waals surface area contributed by atoms with E-state index < -0.39 is 0 Å². The monoisotopic (exact) mass is 293 g/mol. The first-order valence-corrected chi connectivity index (χ1v) is 7.75. The smallest absolute Gasteiger partial charge is 0.117 e. The number of allylic oxidation sites excluding steroid dienone is 1. The van der Waals surface area contributed by atoms with Crippen LogP contribution in [0.4, 0.5) is 0 Å². The minimum absolute atomic E-state index is 0.0336. The molecule has 0 aliphatic heterocycles. The molecule has 112 valence electrons. The zero-order valence-corrected chi connectivity index (χ0v) is 12.6. The maximum Gasteiger partial charge on any atom is 0.117 e. The summed E-state index contributed by atoms with van der Waals surface area (Å²) in [7, 11) is 0. The molecule has 4 rings (SSSR count). The molecule has 4 heteroatoms. The van der Waals surface area contributed by atoms with Gasteiger partial charge in [-0.3, -0.25) is 5.10 Å². The van der Waals surface area contributed by atoms with E-state index in [9.17, 15) is 5.21 Å². The van der Waals surface area contributed by atoms with Crippen LogP contribution < -0.4 is 0 Å². The molecule has 2 aliphatic rings. The lowest BCUT2D eigenvalue weighted by Gasteiger charge is -2.29. The van der Waals surface area contributed by atoms with Gasteiger partial charge >= 0.3 is 0 Å². The van der Waals surface area contributed by atoms with Gasteiger partial charge in [0.05, 0.1) is 0 Å². The number of hydrogen-bond acceptors (Lipinski definition) is 3. The molecule has 2 aromatic rings. The van der Waals surface area contributed by atoms with E-state index in [1.807, 2.05) is 6.07 Å². The van der Waals surface area contributed by atoms with Crippen molar-refractivity contribution < 1.29 is 5.21 Å². The Morgan fingerprint density at radius 2 is 2.09 bits per heavy atom. The van der Waals surface area contributed by atoms with Gasteiger partial charge in [0.2, 0.25) is 0 Å². The van der Waals surface area contributed by atoms with Gasteiger partial charge in [0, 0.05) is 29.0 Å². The lowest BCUT2D eigenvalue weighted by molar-refractivity contribution is 0.317. The van der Waals surface area contributed by atoms with Crippen LogP contribution in [0.2, 0.25) is 0 Å². The number of aromatic nitrogens is 2.